The third-order valence-corrected chi connectivity index (χ3v) is 5.01. The minimum atomic E-state index is -0.556. The van der Waals surface area contributed by atoms with Gasteiger partial charge in [-0.15, -0.1) is 0 Å². The fourth-order valence-electron chi connectivity index (χ4n) is 3.26. The molecule has 4 aromatic rings. The lowest BCUT2D eigenvalue weighted by atomic mass is 10.0. The van der Waals surface area contributed by atoms with Crippen molar-refractivity contribution >= 4 is 45.7 Å². The van der Waals surface area contributed by atoms with E-state index in [9.17, 15) is 0 Å². The highest BCUT2D eigenvalue weighted by molar-refractivity contribution is 6.36. The summed E-state index contributed by atoms with van der Waals surface area (Å²) < 4.78 is 17.0. The summed E-state index contributed by atoms with van der Waals surface area (Å²) in [6.07, 6.45) is 7.51. The number of rotatable bonds is 5. The Hall–Kier alpha value is -3.39. The number of nitrogens with zero attached hydrogens (tertiary/aromatic N) is 4. The van der Waals surface area contributed by atoms with E-state index >= 15 is 4.39 Å². The van der Waals surface area contributed by atoms with Gasteiger partial charge in [0.2, 0.25) is 0 Å². The van der Waals surface area contributed by atoms with Crippen LogP contribution >= 0.6 is 11.6 Å². The lowest BCUT2D eigenvalue weighted by Gasteiger charge is -2.15. The summed E-state index contributed by atoms with van der Waals surface area (Å²) in [6, 6.07) is 5.41. The first-order chi connectivity index (χ1) is 14.0. The van der Waals surface area contributed by atoms with Crippen molar-refractivity contribution in [1.82, 2.24) is 19.8 Å². The number of nitrogen functional groups attached to an aromatic ring is 1. The molecule has 0 spiro atoms. The molecule has 3 aromatic heterocycles. The van der Waals surface area contributed by atoms with Crippen LogP contribution in [-0.2, 0) is 0 Å². The van der Waals surface area contributed by atoms with E-state index in [0.717, 1.165) is 16.8 Å². The number of hydrogen-bond acceptors (Lipinski definition) is 5. The van der Waals surface area contributed by atoms with Crippen molar-refractivity contribution in [3.63, 3.8) is 0 Å². The minimum absolute atomic E-state index is 0.0119. The number of fused-ring (bicyclic) bond motifs is 2. The third kappa shape index (κ3) is 3.31. The largest absolute Gasteiger partial charge is 0.382 e. The molecule has 0 aliphatic rings. The first-order valence-corrected chi connectivity index (χ1v) is 9.39. The number of aromatic amines is 1. The van der Waals surface area contributed by atoms with Crippen LogP contribution < -0.4 is 11.1 Å². The van der Waals surface area contributed by atoms with Crippen LogP contribution in [0.3, 0.4) is 0 Å². The molecular weight excluding hydrogens is 393 g/mol. The van der Waals surface area contributed by atoms with Crippen LogP contribution in [0.4, 0.5) is 15.9 Å². The van der Waals surface area contributed by atoms with Crippen LogP contribution in [0, 0.1) is 5.82 Å². The predicted molar refractivity (Wildman–Crippen MR) is 116 cm³/mol. The molecular formula is C20H19ClFN7. The number of allylic oxidation sites excluding steroid dienone is 2. The summed E-state index contributed by atoms with van der Waals surface area (Å²) in [5, 5.41) is 15.0. The zero-order valence-electron chi connectivity index (χ0n) is 15.9. The van der Waals surface area contributed by atoms with E-state index in [1.54, 1.807) is 42.3 Å². The summed E-state index contributed by atoms with van der Waals surface area (Å²) in [5.74, 6) is -0.152. The molecule has 0 saturated carbocycles. The normalized spacial score (nSPS) is 12.5. The van der Waals surface area contributed by atoms with Gasteiger partial charge in [-0.25, -0.2) is 8.91 Å². The number of H-pyrrole nitrogens is 1. The highest BCUT2D eigenvalue weighted by atomic mass is 35.5. The number of hydrogen-bond donors (Lipinski definition) is 3. The first-order valence-electron chi connectivity index (χ1n) is 9.01. The lowest BCUT2D eigenvalue weighted by Crippen LogP contribution is -2.03. The van der Waals surface area contributed by atoms with Gasteiger partial charge in [0.15, 0.2) is 5.82 Å². The van der Waals surface area contributed by atoms with Crippen molar-refractivity contribution in [2.45, 2.75) is 13.3 Å². The Labute approximate surface area is 171 Å². The molecule has 1 aromatic carbocycles. The number of nitrogens with one attached hydrogen (secondary N) is 2. The van der Waals surface area contributed by atoms with Gasteiger partial charge in [-0.1, -0.05) is 18.5 Å². The van der Waals surface area contributed by atoms with E-state index in [4.69, 9.17) is 17.3 Å². The van der Waals surface area contributed by atoms with Crippen molar-refractivity contribution in [1.29, 1.82) is 0 Å². The first kappa shape index (κ1) is 18.9. The predicted octanol–water partition coefficient (Wildman–Crippen LogP) is 4.66. The molecule has 0 amide bonds. The van der Waals surface area contributed by atoms with Crippen LogP contribution in [0.2, 0.25) is 5.02 Å². The van der Waals surface area contributed by atoms with Gasteiger partial charge in [-0.2, -0.15) is 10.2 Å². The van der Waals surface area contributed by atoms with Crippen LogP contribution in [0.1, 0.15) is 13.3 Å². The molecule has 7 nitrogen and oxygen atoms in total. The second-order valence-corrected chi connectivity index (χ2v) is 6.85. The Morgan fingerprint density at radius 2 is 2.28 bits per heavy atom. The Morgan fingerprint density at radius 3 is 3.03 bits per heavy atom. The molecule has 4 rings (SSSR count). The van der Waals surface area contributed by atoms with Gasteiger partial charge < -0.3 is 11.1 Å². The minimum Gasteiger partial charge on any atom is -0.382 e. The highest BCUT2D eigenvalue weighted by Gasteiger charge is 2.22. The van der Waals surface area contributed by atoms with Crippen molar-refractivity contribution in [3.05, 3.63) is 53.2 Å². The van der Waals surface area contributed by atoms with E-state index in [0.29, 0.717) is 28.7 Å². The Morgan fingerprint density at radius 1 is 1.45 bits per heavy atom. The summed E-state index contributed by atoms with van der Waals surface area (Å²) in [7, 11) is 1.67. The standard InChI is InChI=1S/C20H19ClFN7/c1-3-12(4-6-24-2)26-20-18(22)17(21)16(14-10-25-27-19(14)20)11-5-7-29-13(8-11)9-15(23)28-29/h4-10,26H,3H2,1-2H3,(H2,23,28)(H,25,27)/b12-4+,24-6?. The quantitative estimate of drug-likeness (QED) is 0.416. The van der Waals surface area contributed by atoms with Gasteiger partial charge in [0.1, 0.15) is 11.5 Å². The molecule has 3 heterocycles. The number of aromatic nitrogens is 4. The maximum Gasteiger partial charge on any atom is 0.168 e. The maximum absolute atomic E-state index is 15.4. The molecule has 0 radical (unpaired) electrons. The van der Waals surface area contributed by atoms with Crippen LogP contribution in [0.15, 0.2) is 47.4 Å². The molecule has 0 atom stereocenters. The number of aliphatic imine (C=N–C) groups is 1. The van der Waals surface area contributed by atoms with E-state index in [-0.39, 0.29) is 10.7 Å². The summed E-state index contributed by atoms with van der Waals surface area (Å²) in [4.78, 5) is 3.94. The molecule has 29 heavy (non-hydrogen) atoms. The number of anilines is 2. The SMILES string of the molecule is CC/C(=C\C=NC)Nc1c(F)c(Cl)c(-c2ccn3nc(N)cc3c2)c2cn[nH]c12. The van der Waals surface area contributed by atoms with Crippen molar-refractivity contribution in [2.75, 3.05) is 18.1 Å². The Bertz CT molecular complexity index is 1270. The fraction of sp³-hybridized carbons (Fsp3) is 0.150. The summed E-state index contributed by atoms with van der Waals surface area (Å²) in [6.45, 7) is 1.97. The van der Waals surface area contributed by atoms with E-state index in [1.807, 2.05) is 19.1 Å². The fourth-order valence-corrected chi connectivity index (χ4v) is 3.56. The third-order valence-electron chi connectivity index (χ3n) is 4.65. The lowest BCUT2D eigenvalue weighted by molar-refractivity contribution is 0.633. The van der Waals surface area contributed by atoms with Gasteiger partial charge >= 0.3 is 0 Å². The molecule has 0 saturated heterocycles. The maximum atomic E-state index is 15.4. The smallest absolute Gasteiger partial charge is 0.168 e. The average Bonchev–Trinajstić information content (AvgIpc) is 3.33. The number of halogens is 2. The zero-order valence-corrected chi connectivity index (χ0v) is 16.6. The van der Waals surface area contributed by atoms with E-state index in [1.165, 1.54) is 0 Å². The second-order valence-electron chi connectivity index (χ2n) is 6.47. The van der Waals surface area contributed by atoms with Crippen molar-refractivity contribution < 1.29 is 4.39 Å². The molecule has 0 unspecified atom stereocenters. The van der Waals surface area contributed by atoms with Gasteiger partial charge in [-0.05, 0) is 30.2 Å². The summed E-state index contributed by atoms with van der Waals surface area (Å²) >= 11 is 6.51. The van der Waals surface area contributed by atoms with Crippen LogP contribution in [-0.4, -0.2) is 33.1 Å². The van der Waals surface area contributed by atoms with Crippen LogP contribution in [0.25, 0.3) is 27.5 Å². The number of benzene rings is 1. The Balaban J connectivity index is 1.91. The van der Waals surface area contributed by atoms with Gasteiger partial charge in [-0.3, -0.25) is 10.1 Å². The Kier molecular flexibility index (Phi) is 4.94. The molecule has 0 aliphatic carbocycles. The molecule has 4 N–H and O–H groups in total. The van der Waals surface area contributed by atoms with Crippen molar-refractivity contribution in [2.24, 2.45) is 4.99 Å². The topological polar surface area (TPSA) is 96.4 Å². The average molecular weight is 412 g/mol. The van der Waals surface area contributed by atoms with E-state index in [2.05, 4.69) is 25.6 Å². The molecule has 148 valence electrons. The number of pyridine rings is 1. The van der Waals surface area contributed by atoms with Gasteiger partial charge in [0.25, 0.3) is 0 Å². The van der Waals surface area contributed by atoms with Gasteiger partial charge in [0.05, 0.1) is 22.3 Å². The molecule has 0 fully saturated rings. The molecule has 0 bridgehead atoms. The van der Waals surface area contributed by atoms with Gasteiger partial charge in [0, 0.05) is 42.2 Å². The zero-order chi connectivity index (χ0) is 20.5. The monoisotopic (exact) mass is 411 g/mol. The van der Waals surface area contributed by atoms with E-state index < -0.39 is 5.82 Å². The molecule has 0 aliphatic heterocycles. The van der Waals surface area contributed by atoms with Crippen LogP contribution in [0.5, 0.6) is 0 Å². The second kappa shape index (κ2) is 7.56. The molecule has 9 heteroatoms. The highest BCUT2D eigenvalue weighted by Crippen LogP contribution is 2.42. The number of nitrogens with two attached hydrogens (primary N) is 1. The van der Waals surface area contributed by atoms with Crippen molar-refractivity contribution in [3.8, 4) is 11.1 Å². The summed E-state index contributed by atoms with van der Waals surface area (Å²) in [5.41, 5.74) is 9.42.